The summed E-state index contributed by atoms with van der Waals surface area (Å²) >= 11 is 0. The molecule has 0 spiro atoms. The molecule has 0 aliphatic carbocycles. The number of H-pyrrole nitrogens is 1. The number of benzene rings is 2. The minimum atomic E-state index is -0.303. The van der Waals surface area contributed by atoms with Crippen molar-refractivity contribution in [2.75, 3.05) is 27.4 Å². The van der Waals surface area contributed by atoms with Crippen LogP contribution >= 0.6 is 0 Å². The maximum atomic E-state index is 13.2. The first-order chi connectivity index (χ1) is 17.1. The van der Waals surface area contributed by atoms with Crippen molar-refractivity contribution < 1.29 is 28.2 Å². The zero-order valence-corrected chi connectivity index (χ0v) is 20.0. The lowest BCUT2D eigenvalue weighted by atomic mass is 9.87. The monoisotopic (exact) mass is 476 g/mol. The molecular formula is C27H28N2O6. The number of carbonyl (C=O) groups is 1. The van der Waals surface area contributed by atoms with Gasteiger partial charge in [-0.1, -0.05) is 6.07 Å². The normalized spacial score (nSPS) is 13.5. The summed E-state index contributed by atoms with van der Waals surface area (Å²) in [7, 11) is 3.24. The van der Waals surface area contributed by atoms with E-state index in [2.05, 4.69) is 10.3 Å². The maximum Gasteiger partial charge on any atom is 0.221 e. The number of nitrogens with one attached hydrogen (secondary N) is 2. The second-order valence-corrected chi connectivity index (χ2v) is 8.42. The second kappa shape index (κ2) is 9.66. The average molecular weight is 477 g/mol. The van der Waals surface area contributed by atoms with Gasteiger partial charge in [-0.15, -0.1) is 0 Å². The van der Waals surface area contributed by atoms with Gasteiger partial charge in [-0.3, -0.25) is 4.79 Å². The molecule has 0 saturated heterocycles. The number of aromatic amines is 1. The molecule has 3 heterocycles. The Labute approximate surface area is 203 Å². The van der Waals surface area contributed by atoms with E-state index in [0.29, 0.717) is 42.8 Å². The topological polar surface area (TPSA) is 95.0 Å². The molecule has 4 aromatic rings. The predicted molar refractivity (Wildman–Crippen MR) is 131 cm³/mol. The highest BCUT2D eigenvalue weighted by molar-refractivity contribution is 5.91. The summed E-state index contributed by atoms with van der Waals surface area (Å²) < 4.78 is 28.5. The Morgan fingerprint density at radius 2 is 1.91 bits per heavy atom. The van der Waals surface area contributed by atoms with E-state index in [1.165, 1.54) is 0 Å². The first-order valence-corrected chi connectivity index (χ1v) is 11.5. The van der Waals surface area contributed by atoms with E-state index in [4.69, 9.17) is 23.4 Å². The number of fused-ring (bicyclic) bond motifs is 2. The van der Waals surface area contributed by atoms with E-state index in [1.807, 2.05) is 55.6 Å². The molecule has 0 bridgehead atoms. The van der Waals surface area contributed by atoms with Gasteiger partial charge in [0.15, 0.2) is 11.5 Å². The first-order valence-electron chi connectivity index (χ1n) is 11.5. The third kappa shape index (κ3) is 4.51. The van der Waals surface area contributed by atoms with Crippen molar-refractivity contribution in [2.45, 2.75) is 25.8 Å². The lowest BCUT2D eigenvalue weighted by Gasteiger charge is -2.24. The van der Waals surface area contributed by atoms with Crippen molar-refractivity contribution in [1.29, 1.82) is 0 Å². The molecule has 1 aliphatic heterocycles. The fourth-order valence-corrected chi connectivity index (χ4v) is 4.55. The number of methoxy groups -OCH3 is 2. The van der Waals surface area contributed by atoms with Crippen LogP contribution in [0, 0.1) is 6.92 Å². The maximum absolute atomic E-state index is 13.2. The quantitative estimate of drug-likeness (QED) is 0.383. The Hall–Kier alpha value is -4.07. The summed E-state index contributed by atoms with van der Waals surface area (Å²) in [6.07, 6.45) is 2.14. The van der Waals surface area contributed by atoms with Gasteiger partial charge in [-0.2, -0.15) is 0 Å². The Morgan fingerprint density at radius 3 is 2.69 bits per heavy atom. The number of aromatic nitrogens is 1. The van der Waals surface area contributed by atoms with Crippen LogP contribution < -0.4 is 24.3 Å². The van der Waals surface area contributed by atoms with Gasteiger partial charge in [0.25, 0.3) is 0 Å². The van der Waals surface area contributed by atoms with E-state index in [0.717, 1.165) is 33.5 Å². The summed E-state index contributed by atoms with van der Waals surface area (Å²) in [5.41, 5.74) is 2.75. The summed E-state index contributed by atoms with van der Waals surface area (Å²) in [5.74, 6) is 3.60. The Morgan fingerprint density at radius 1 is 1.09 bits per heavy atom. The number of rotatable bonds is 8. The highest BCUT2D eigenvalue weighted by atomic mass is 16.6. The molecule has 1 aliphatic rings. The fraction of sp³-hybridized carbons (Fsp3) is 0.296. The predicted octanol–water partition coefficient (Wildman–Crippen LogP) is 4.70. The smallest absolute Gasteiger partial charge is 0.221 e. The Kier molecular flexibility index (Phi) is 6.27. The van der Waals surface area contributed by atoms with Crippen LogP contribution in [0.15, 0.2) is 53.1 Å². The number of hydrogen-bond donors (Lipinski definition) is 2. The molecule has 2 N–H and O–H groups in total. The SMILES string of the molecule is COc1cc([C@H](CC(=O)NCc2ccc(C)o2)c2c[nH]c3cccc(OC)c23)cc2c1OCCO2. The molecule has 8 heteroatoms. The molecule has 35 heavy (non-hydrogen) atoms. The van der Waals surface area contributed by atoms with Crippen LogP contribution in [-0.4, -0.2) is 38.3 Å². The van der Waals surface area contributed by atoms with E-state index in [1.54, 1.807) is 14.2 Å². The number of carbonyl (C=O) groups excluding carboxylic acids is 1. The van der Waals surface area contributed by atoms with Gasteiger partial charge in [0, 0.05) is 29.4 Å². The van der Waals surface area contributed by atoms with Crippen LogP contribution in [0.25, 0.3) is 10.9 Å². The van der Waals surface area contributed by atoms with Crippen molar-refractivity contribution in [3.8, 4) is 23.0 Å². The van der Waals surface area contributed by atoms with E-state index < -0.39 is 0 Å². The van der Waals surface area contributed by atoms with Crippen molar-refractivity contribution in [2.24, 2.45) is 0 Å². The first kappa shape index (κ1) is 22.7. The summed E-state index contributed by atoms with van der Waals surface area (Å²) in [6.45, 7) is 3.11. The molecule has 0 unspecified atom stereocenters. The van der Waals surface area contributed by atoms with E-state index in [9.17, 15) is 4.79 Å². The molecule has 8 nitrogen and oxygen atoms in total. The van der Waals surface area contributed by atoms with Gasteiger partial charge in [-0.05, 0) is 54.4 Å². The Balaban J connectivity index is 1.54. The van der Waals surface area contributed by atoms with Gasteiger partial charge in [0.2, 0.25) is 11.7 Å². The zero-order chi connectivity index (χ0) is 24.4. The Bertz CT molecular complexity index is 1340. The van der Waals surface area contributed by atoms with Crippen LogP contribution in [0.4, 0.5) is 0 Å². The minimum absolute atomic E-state index is 0.109. The molecule has 2 aromatic carbocycles. The molecule has 0 saturated carbocycles. The van der Waals surface area contributed by atoms with Crippen LogP contribution in [0.2, 0.25) is 0 Å². The lowest BCUT2D eigenvalue weighted by Crippen LogP contribution is -2.25. The molecule has 182 valence electrons. The molecule has 1 amide bonds. The summed E-state index contributed by atoms with van der Waals surface area (Å²) in [5, 5.41) is 3.91. The van der Waals surface area contributed by atoms with E-state index in [-0.39, 0.29) is 18.2 Å². The lowest BCUT2D eigenvalue weighted by molar-refractivity contribution is -0.121. The second-order valence-electron chi connectivity index (χ2n) is 8.42. The highest BCUT2D eigenvalue weighted by Crippen LogP contribution is 2.45. The van der Waals surface area contributed by atoms with Gasteiger partial charge < -0.3 is 33.7 Å². The third-order valence-electron chi connectivity index (χ3n) is 6.19. The third-order valence-corrected chi connectivity index (χ3v) is 6.19. The van der Waals surface area contributed by atoms with Gasteiger partial charge in [0.05, 0.1) is 20.8 Å². The van der Waals surface area contributed by atoms with Crippen molar-refractivity contribution in [1.82, 2.24) is 10.3 Å². The van der Waals surface area contributed by atoms with Gasteiger partial charge in [-0.25, -0.2) is 0 Å². The van der Waals surface area contributed by atoms with Gasteiger partial charge >= 0.3 is 0 Å². The standard InChI is InChI=1S/C27H28N2O6/c1-16-7-8-18(35-16)14-29-25(30)13-19(20-15-28-21-5-4-6-22(31-2)26(20)21)17-11-23(32-3)27-24(12-17)33-9-10-34-27/h4-8,11-12,15,19,28H,9-10,13-14H2,1-3H3,(H,29,30)/t19-/m0/s1. The highest BCUT2D eigenvalue weighted by Gasteiger charge is 2.27. The number of aryl methyl sites for hydroxylation is 1. The van der Waals surface area contributed by atoms with E-state index >= 15 is 0 Å². The number of furan rings is 1. The summed E-state index contributed by atoms with van der Waals surface area (Å²) in [4.78, 5) is 16.5. The molecule has 5 rings (SSSR count). The summed E-state index contributed by atoms with van der Waals surface area (Å²) in [6, 6.07) is 13.4. The van der Waals surface area contributed by atoms with Crippen LogP contribution in [0.5, 0.6) is 23.0 Å². The molecule has 2 aromatic heterocycles. The number of amides is 1. The van der Waals surface area contributed by atoms with Crippen LogP contribution in [0.3, 0.4) is 0 Å². The van der Waals surface area contributed by atoms with Crippen molar-refractivity contribution in [3.05, 3.63) is 71.3 Å². The molecular weight excluding hydrogens is 448 g/mol. The fourth-order valence-electron chi connectivity index (χ4n) is 4.55. The van der Waals surface area contributed by atoms with Crippen molar-refractivity contribution >= 4 is 16.8 Å². The minimum Gasteiger partial charge on any atom is -0.496 e. The number of hydrogen-bond acceptors (Lipinski definition) is 6. The molecule has 0 radical (unpaired) electrons. The largest absolute Gasteiger partial charge is 0.496 e. The van der Waals surface area contributed by atoms with Crippen LogP contribution in [-0.2, 0) is 11.3 Å². The van der Waals surface area contributed by atoms with Crippen molar-refractivity contribution in [3.63, 3.8) is 0 Å². The zero-order valence-electron chi connectivity index (χ0n) is 20.0. The van der Waals surface area contributed by atoms with Gasteiger partial charge in [0.1, 0.15) is 30.5 Å². The van der Waals surface area contributed by atoms with Crippen LogP contribution in [0.1, 0.15) is 35.0 Å². The number of ether oxygens (including phenoxy) is 4. The average Bonchev–Trinajstić information content (AvgIpc) is 3.51. The molecule has 0 fully saturated rings. The molecule has 1 atom stereocenters.